The Balaban J connectivity index is 0.00000336. The molecule has 1 unspecified atom stereocenters. The van der Waals surface area contributed by atoms with Gasteiger partial charge in [0, 0.05) is 50.6 Å². The van der Waals surface area contributed by atoms with Gasteiger partial charge in [0.25, 0.3) is 0 Å². The molecule has 0 amide bonds. The summed E-state index contributed by atoms with van der Waals surface area (Å²) in [4.78, 5) is 23.0. The summed E-state index contributed by atoms with van der Waals surface area (Å²) in [6.45, 7) is 3.63. The number of hydrogen-bond donors (Lipinski definition) is 2. The van der Waals surface area contributed by atoms with Gasteiger partial charge in [0.15, 0.2) is 17.9 Å². The summed E-state index contributed by atoms with van der Waals surface area (Å²) in [6, 6.07) is 5.96. The minimum Gasteiger partial charge on any atom is -0.484 e. The fourth-order valence-corrected chi connectivity index (χ4v) is 5.10. The lowest BCUT2D eigenvalue weighted by Crippen LogP contribution is -2.37. The van der Waals surface area contributed by atoms with Crippen molar-refractivity contribution in [3.8, 4) is 5.75 Å². The highest BCUT2D eigenvalue weighted by Gasteiger charge is 2.23. The van der Waals surface area contributed by atoms with Crippen molar-refractivity contribution in [1.29, 1.82) is 0 Å². The van der Waals surface area contributed by atoms with Gasteiger partial charge in [0.2, 0.25) is 0 Å². The lowest BCUT2D eigenvalue weighted by Gasteiger charge is -2.31. The standard InChI is InChI=1S/C27H31ClN4O5.H2S/c28-27-24-5-7-32(13-18(24)1-4-26(27)36-16-23-12-30-17-37-23)14-22(33)2-3-25(34)19-9-21(11-29-10-19)31-20-6-8-35-15-20;/h1,4,9-12,17,20,22,31,33H,2-3,5-8,13-16H2;1H2/t20?,22-;/m0./s1. The van der Waals surface area contributed by atoms with Gasteiger partial charge >= 0.3 is 0 Å². The van der Waals surface area contributed by atoms with Gasteiger partial charge in [-0.1, -0.05) is 17.7 Å². The van der Waals surface area contributed by atoms with E-state index in [-0.39, 0.29) is 38.3 Å². The van der Waals surface area contributed by atoms with Crippen LogP contribution in [0.15, 0.2) is 47.6 Å². The number of rotatable bonds is 11. The van der Waals surface area contributed by atoms with Crippen molar-refractivity contribution in [3.63, 3.8) is 0 Å². The molecule has 2 atom stereocenters. The van der Waals surface area contributed by atoms with E-state index in [1.165, 1.54) is 6.39 Å². The number of Topliss-reactive ketones (excluding diaryl/α,β-unsaturated/α-hetero) is 1. The molecule has 0 bridgehead atoms. The maximum absolute atomic E-state index is 12.7. The Hall–Kier alpha value is -2.63. The van der Waals surface area contributed by atoms with Gasteiger partial charge in [-0.15, -0.1) is 0 Å². The number of carbonyl (C=O) groups excluding carboxylic acids is 1. The number of halogens is 1. The number of pyridine rings is 1. The molecule has 11 heteroatoms. The molecule has 9 nitrogen and oxygen atoms in total. The largest absolute Gasteiger partial charge is 0.484 e. The van der Waals surface area contributed by atoms with Crippen LogP contribution in [0.5, 0.6) is 5.75 Å². The van der Waals surface area contributed by atoms with Crippen LogP contribution < -0.4 is 10.1 Å². The van der Waals surface area contributed by atoms with Crippen LogP contribution in [-0.2, 0) is 24.3 Å². The maximum Gasteiger partial charge on any atom is 0.181 e. The predicted molar refractivity (Wildman–Crippen MR) is 148 cm³/mol. The molecule has 38 heavy (non-hydrogen) atoms. The van der Waals surface area contributed by atoms with Crippen LogP contribution in [0, 0.1) is 0 Å². The van der Waals surface area contributed by atoms with E-state index in [9.17, 15) is 9.90 Å². The van der Waals surface area contributed by atoms with Gasteiger partial charge < -0.3 is 24.3 Å². The number of benzene rings is 1. The van der Waals surface area contributed by atoms with Gasteiger partial charge in [-0.25, -0.2) is 4.98 Å². The SMILES string of the molecule is O=C(CC[C@H](O)CN1CCc2c(ccc(OCc3cnco3)c2Cl)C1)c1cncc(NC2CCOC2)c1.S. The minimum absolute atomic E-state index is 0. The van der Waals surface area contributed by atoms with Crippen molar-refractivity contribution in [3.05, 3.63) is 70.7 Å². The number of oxazole rings is 1. The summed E-state index contributed by atoms with van der Waals surface area (Å²) in [7, 11) is 0. The van der Waals surface area contributed by atoms with Crippen molar-refractivity contribution in [2.45, 2.75) is 51.0 Å². The molecule has 2 aliphatic rings. The lowest BCUT2D eigenvalue weighted by atomic mass is 9.98. The number of aromatic nitrogens is 2. The van der Waals surface area contributed by atoms with E-state index in [1.807, 2.05) is 18.2 Å². The van der Waals surface area contributed by atoms with Crippen molar-refractivity contribution in [2.24, 2.45) is 0 Å². The topological polar surface area (TPSA) is 110 Å². The normalized spacial score (nSPS) is 17.9. The van der Waals surface area contributed by atoms with Gasteiger partial charge in [-0.3, -0.25) is 14.7 Å². The summed E-state index contributed by atoms with van der Waals surface area (Å²) in [5.74, 6) is 1.23. The van der Waals surface area contributed by atoms with Crippen molar-refractivity contribution in [2.75, 3.05) is 31.6 Å². The number of aliphatic hydroxyl groups excluding tert-OH is 1. The fraction of sp³-hybridized carbons (Fsp3) is 0.444. The molecule has 3 aromatic rings. The molecular weight excluding hydrogens is 528 g/mol. The first-order valence-corrected chi connectivity index (χ1v) is 13.0. The number of hydrogen-bond acceptors (Lipinski definition) is 9. The Morgan fingerprint density at radius 2 is 2.18 bits per heavy atom. The van der Waals surface area contributed by atoms with E-state index in [0.717, 1.165) is 42.8 Å². The van der Waals surface area contributed by atoms with E-state index >= 15 is 0 Å². The quantitative estimate of drug-likeness (QED) is 0.336. The summed E-state index contributed by atoms with van der Waals surface area (Å²) in [5, 5.41) is 14.6. The van der Waals surface area contributed by atoms with Crippen molar-refractivity contribution >= 4 is 36.6 Å². The zero-order valence-corrected chi connectivity index (χ0v) is 22.8. The molecule has 0 spiro atoms. The summed E-state index contributed by atoms with van der Waals surface area (Å²) >= 11 is 6.63. The van der Waals surface area contributed by atoms with E-state index in [1.54, 1.807) is 18.6 Å². The Bertz CT molecular complexity index is 1210. The molecule has 0 aliphatic carbocycles. The molecule has 5 rings (SSSR count). The van der Waals surface area contributed by atoms with Crippen molar-refractivity contribution in [1.82, 2.24) is 14.9 Å². The maximum atomic E-state index is 12.7. The summed E-state index contributed by atoms with van der Waals surface area (Å²) < 4.78 is 16.4. The first kappa shape index (κ1) is 28.4. The lowest BCUT2D eigenvalue weighted by molar-refractivity contribution is 0.0836. The molecule has 204 valence electrons. The van der Waals surface area contributed by atoms with Crippen LogP contribution in [0.3, 0.4) is 0 Å². The zero-order chi connectivity index (χ0) is 25.6. The van der Waals surface area contributed by atoms with E-state index < -0.39 is 6.10 Å². The molecule has 1 saturated heterocycles. The van der Waals surface area contributed by atoms with E-state index in [0.29, 0.717) is 48.2 Å². The highest BCUT2D eigenvalue weighted by molar-refractivity contribution is 7.59. The Kier molecular flexibility index (Phi) is 10.0. The average Bonchev–Trinajstić information content (AvgIpc) is 3.62. The Morgan fingerprint density at radius 3 is 2.97 bits per heavy atom. The molecular formula is C27H33ClN4O5S. The number of β-amino-alcohol motifs (C(OH)–C–C–N with tert-alkyl or cyclic N) is 1. The number of nitrogens with one attached hydrogen (secondary N) is 1. The van der Waals surface area contributed by atoms with Gasteiger partial charge in [0.05, 0.1) is 35.7 Å². The monoisotopic (exact) mass is 560 g/mol. The van der Waals surface area contributed by atoms with Crippen LogP contribution >= 0.6 is 25.1 Å². The number of carbonyl (C=O) groups is 1. The first-order chi connectivity index (χ1) is 18.0. The number of aliphatic hydroxyl groups is 1. The molecule has 2 aliphatic heterocycles. The highest BCUT2D eigenvalue weighted by Crippen LogP contribution is 2.34. The van der Waals surface area contributed by atoms with Crippen LogP contribution in [-0.4, -0.2) is 64.2 Å². The van der Waals surface area contributed by atoms with E-state index in [4.69, 9.17) is 25.5 Å². The molecule has 1 aromatic carbocycles. The molecule has 2 aromatic heterocycles. The third kappa shape index (κ3) is 7.27. The van der Waals surface area contributed by atoms with Gasteiger partial charge in [-0.05, 0) is 42.5 Å². The third-order valence-electron chi connectivity index (χ3n) is 6.76. The molecule has 0 radical (unpaired) electrons. The van der Waals surface area contributed by atoms with Gasteiger partial charge in [-0.2, -0.15) is 13.5 Å². The van der Waals surface area contributed by atoms with Crippen LogP contribution in [0.25, 0.3) is 0 Å². The number of anilines is 1. The molecule has 1 fully saturated rings. The number of ether oxygens (including phenoxy) is 2. The van der Waals surface area contributed by atoms with Crippen LogP contribution in [0.4, 0.5) is 5.69 Å². The second-order valence-electron chi connectivity index (χ2n) is 9.54. The van der Waals surface area contributed by atoms with Gasteiger partial charge in [0.1, 0.15) is 12.4 Å². The minimum atomic E-state index is -0.601. The van der Waals surface area contributed by atoms with Crippen molar-refractivity contribution < 1.29 is 23.8 Å². The van der Waals surface area contributed by atoms with Crippen LogP contribution in [0.2, 0.25) is 5.02 Å². The number of fused-ring (bicyclic) bond motifs is 1. The Labute approximate surface area is 234 Å². The second-order valence-corrected chi connectivity index (χ2v) is 9.92. The average molecular weight is 561 g/mol. The smallest absolute Gasteiger partial charge is 0.181 e. The Morgan fingerprint density at radius 1 is 1.29 bits per heavy atom. The fourth-order valence-electron chi connectivity index (χ4n) is 4.76. The zero-order valence-electron chi connectivity index (χ0n) is 21.1. The molecule has 2 N–H and O–H groups in total. The molecule has 4 heterocycles. The highest BCUT2D eigenvalue weighted by atomic mass is 35.5. The van der Waals surface area contributed by atoms with Crippen LogP contribution in [0.1, 0.15) is 46.5 Å². The number of nitrogens with zero attached hydrogens (tertiary/aromatic N) is 3. The number of ketones is 1. The summed E-state index contributed by atoms with van der Waals surface area (Å²) in [5.41, 5.74) is 3.57. The second kappa shape index (κ2) is 13.4. The first-order valence-electron chi connectivity index (χ1n) is 12.6. The molecule has 0 saturated carbocycles. The summed E-state index contributed by atoms with van der Waals surface area (Å²) in [6.07, 6.45) is 8.04. The predicted octanol–water partition coefficient (Wildman–Crippen LogP) is 4.00. The third-order valence-corrected chi connectivity index (χ3v) is 7.18. The van der Waals surface area contributed by atoms with E-state index in [2.05, 4.69) is 20.2 Å².